The molecular weight excluding hydrogens is 434 g/mol. The van der Waals surface area contributed by atoms with Gasteiger partial charge in [-0.25, -0.2) is 4.98 Å². The lowest BCUT2D eigenvalue weighted by atomic mass is 10.1. The molecule has 0 radical (unpaired) electrons. The van der Waals surface area contributed by atoms with Crippen LogP contribution in [0.25, 0.3) is 21.8 Å². The van der Waals surface area contributed by atoms with E-state index in [-0.39, 0.29) is 5.91 Å². The molecule has 168 valence electrons. The van der Waals surface area contributed by atoms with Crippen LogP contribution in [-0.2, 0) is 11.2 Å². The monoisotopic (exact) mass is 459 g/mol. The Morgan fingerprint density at radius 2 is 1.94 bits per heavy atom. The van der Waals surface area contributed by atoms with Crippen molar-refractivity contribution in [2.24, 2.45) is 0 Å². The number of thiazole rings is 1. The summed E-state index contributed by atoms with van der Waals surface area (Å²) in [5.41, 5.74) is 4.58. The molecule has 6 nitrogen and oxygen atoms in total. The summed E-state index contributed by atoms with van der Waals surface area (Å²) in [7, 11) is 1.61. The van der Waals surface area contributed by atoms with E-state index in [4.69, 9.17) is 14.5 Å². The average Bonchev–Trinajstić information content (AvgIpc) is 3.35. The molecule has 1 N–H and O–H groups in total. The van der Waals surface area contributed by atoms with Gasteiger partial charge in [0.05, 0.1) is 19.4 Å². The van der Waals surface area contributed by atoms with Crippen LogP contribution >= 0.6 is 11.3 Å². The lowest BCUT2D eigenvalue weighted by molar-refractivity contribution is -0.116. The number of amides is 1. The normalized spacial score (nSPS) is 10.6. The zero-order valence-corrected chi connectivity index (χ0v) is 19.4. The molecule has 0 bridgehead atoms. The number of nitrogens with zero attached hydrogens (tertiary/aromatic N) is 2. The van der Waals surface area contributed by atoms with Crippen molar-refractivity contribution in [3.8, 4) is 33.3 Å². The molecule has 2 heterocycles. The van der Waals surface area contributed by atoms with E-state index >= 15 is 0 Å². The van der Waals surface area contributed by atoms with Crippen molar-refractivity contribution in [3.05, 3.63) is 77.9 Å². The van der Waals surface area contributed by atoms with E-state index in [9.17, 15) is 4.79 Å². The third-order valence-corrected chi connectivity index (χ3v) is 5.91. The lowest BCUT2D eigenvalue weighted by Crippen LogP contribution is -2.12. The molecule has 0 aliphatic rings. The Labute approximate surface area is 197 Å². The second-order valence-electron chi connectivity index (χ2n) is 7.33. The first-order chi connectivity index (χ1) is 16.2. The van der Waals surface area contributed by atoms with Gasteiger partial charge in [-0.15, -0.1) is 11.3 Å². The van der Waals surface area contributed by atoms with Gasteiger partial charge in [0, 0.05) is 41.0 Å². The molecule has 0 aliphatic carbocycles. The number of hydrogen-bond donors (Lipinski definition) is 1. The third-order valence-electron chi connectivity index (χ3n) is 5.02. The summed E-state index contributed by atoms with van der Waals surface area (Å²) in [6.07, 6.45) is 4.52. The Bertz CT molecular complexity index is 1220. The number of carbonyl (C=O) groups excluding carboxylic acids is 1. The minimum absolute atomic E-state index is 0.0469. The standard InChI is InChI=1S/C26H25N3O3S/c1-3-32-23-11-9-18(14-24(23)31-2)10-12-25(30)28-21-8-4-6-19(15-21)22-17-33-26(29-22)20-7-5-13-27-16-20/h4-9,11,13-17H,3,10,12H2,1-2H3,(H,28,30). The number of aromatic nitrogens is 2. The van der Waals surface area contributed by atoms with Gasteiger partial charge in [-0.3, -0.25) is 9.78 Å². The Morgan fingerprint density at radius 3 is 2.73 bits per heavy atom. The number of nitrogens with one attached hydrogen (secondary N) is 1. The molecule has 0 fully saturated rings. The molecule has 0 unspecified atom stereocenters. The summed E-state index contributed by atoms with van der Waals surface area (Å²) in [4.78, 5) is 21.4. The number of rotatable bonds is 9. The van der Waals surface area contributed by atoms with Gasteiger partial charge >= 0.3 is 0 Å². The van der Waals surface area contributed by atoms with Gasteiger partial charge in [0.25, 0.3) is 0 Å². The van der Waals surface area contributed by atoms with Crippen LogP contribution in [0.3, 0.4) is 0 Å². The molecule has 0 saturated carbocycles. The van der Waals surface area contributed by atoms with Crippen molar-refractivity contribution in [1.29, 1.82) is 0 Å². The van der Waals surface area contributed by atoms with Gasteiger partial charge in [-0.2, -0.15) is 0 Å². The average molecular weight is 460 g/mol. The smallest absolute Gasteiger partial charge is 0.224 e. The van der Waals surface area contributed by atoms with Gasteiger partial charge in [0.2, 0.25) is 5.91 Å². The Morgan fingerprint density at radius 1 is 1.06 bits per heavy atom. The summed E-state index contributed by atoms with van der Waals surface area (Å²) < 4.78 is 10.9. The fourth-order valence-electron chi connectivity index (χ4n) is 3.41. The summed E-state index contributed by atoms with van der Waals surface area (Å²) in [6.45, 7) is 2.50. The fourth-order valence-corrected chi connectivity index (χ4v) is 4.23. The van der Waals surface area contributed by atoms with Crippen LogP contribution in [-0.4, -0.2) is 29.6 Å². The van der Waals surface area contributed by atoms with Crippen molar-refractivity contribution in [1.82, 2.24) is 9.97 Å². The molecule has 4 aromatic rings. The molecule has 4 rings (SSSR count). The minimum Gasteiger partial charge on any atom is -0.493 e. The third kappa shape index (κ3) is 5.75. The number of ether oxygens (including phenoxy) is 2. The van der Waals surface area contributed by atoms with Crippen molar-refractivity contribution in [2.45, 2.75) is 19.8 Å². The van der Waals surface area contributed by atoms with Crippen LogP contribution in [0.4, 0.5) is 5.69 Å². The number of pyridine rings is 1. The van der Waals surface area contributed by atoms with E-state index in [0.29, 0.717) is 30.9 Å². The van der Waals surface area contributed by atoms with E-state index in [1.54, 1.807) is 30.8 Å². The molecule has 33 heavy (non-hydrogen) atoms. The summed E-state index contributed by atoms with van der Waals surface area (Å²) >= 11 is 1.57. The van der Waals surface area contributed by atoms with E-state index in [0.717, 1.165) is 33.1 Å². The second kappa shape index (κ2) is 10.7. The van der Waals surface area contributed by atoms with Crippen molar-refractivity contribution >= 4 is 22.9 Å². The first kappa shape index (κ1) is 22.5. The highest BCUT2D eigenvalue weighted by molar-refractivity contribution is 7.13. The quantitative estimate of drug-likeness (QED) is 0.340. The molecule has 0 spiro atoms. The highest BCUT2D eigenvalue weighted by atomic mass is 32.1. The first-order valence-corrected chi connectivity index (χ1v) is 11.6. The van der Waals surface area contributed by atoms with Crippen LogP contribution in [0.15, 0.2) is 72.4 Å². The van der Waals surface area contributed by atoms with Gasteiger partial charge in [0.15, 0.2) is 11.5 Å². The molecule has 0 atom stereocenters. The molecule has 2 aromatic heterocycles. The second-order valence-corrected chi connectivity index (χ2v) is 8.18. The molecular formula is C26H25N3O3S. The maximum atomic E-state index is 12.6. The zero-order valence-electron chi connectivity index (χ0n) is 18.6. The summed E-state index contributed by atoms with van der Waals surface area (Å²) in [5.74, 6) is 1.34. The molecule has 7 heteroatoms. The van der Waals surface area contributed by atoms with Gasteiger partial charge in [-0.05, 0) is 55.3 Å². The van der Waals surface area contributed by atoms with E-state index < -0.39 is 0 Å². The van der Waals surface area contributed by atoms with Gasteiger partial charge < -0.3 is 14.8 Å². The molecule has 2 aromatic carbocycles. The van der Waals surface area contributed by atoms with E-state index in [1.807, 2.05) is 66.9 Å². The first-order valence-electron chi connectivity index (χ1n) is 10.7. The van der Waals surface area contributed by atoms with Crippen LogP contribution in [0.1, 0.15) is 18.9 Å². The van der Waals surface area contributed by atoms with E-state index in [2.05, 4.69) is 10.3 Å². The predicted molar refractivity (Wildman–Crippen MR) is 132 cm³/mol. The minimum atomic E-state index is -0.0469. The zero-order chi connectivity index (χ0) is 23.0. The topological polar surface area (TPSA) is 73.3 Å². The summed E-state index contributed by atoms with van der Waals surface area (Å²) in [6, 6.07) is 17.4. The number of carbonyl (C=O) groups is 1. The van der Waals surface area contributed by atoms with Crippen molar-refractivity contribution in [2.75, 3.05) is 19.0 Å². The number of methoxy groups -OCH3 is 1. The van der Waals surface area contributed by atoms with Crippen LogP contribution in [0, 0.1) is 0 Å². The highest BCUT2D eigenvalue weighted by Crippen LogP contribution is 2.30. The fraction of sp³-hybridized carbons (Fsp3) is 0.192. The molecule has 1 amide bonds. The highest BCUT2D eigenvalue weighted by Gasteiger charge is 2.10. The van der Waals surface area contributed by atoms with Crippen molar-refractivity contribution in [3.63, 3.8) is 0 Å². The van der Waals surface area contributed by atoms with E-state index in [1.165, 1.54) is 0 Å². The number of benzene rings is 2. The number of hydrogen-bond acceptors (Lipinski definition) is 6. The predicted octanol–water partition coefficient (Wildman–Crippen LogP) is 5.85. The van der Waals surface area contributed by atoms with Crippen molar-refractivity contribution < 1.29 is 14.3 Å². The van der Waals surface area contributed by atoms with Crippen LogP contribution in [0.2, 0.25) is 0 Å². The van der Waals surface area contributed by atoms with Crippen LogP contribution < -0.4 is 14.8 Å². The maximum absolute atomic E-state index is 12.6. The number of aryl methyl sites for hydroxylation is 1. The van der Waals surface area contributed by atoms with Gasteiger partial charge in [-0.1, -0.05) is 18.2 Å². The Hall–Kier alpha value is -3.71. The van der Waals surface area contributed by atoms with Crippen LogP contribution in [0.5, 0.6) is 11.5 Å². The molecule has 0 aliphatic heterocycles. The lowest BCUT2D eigenvalue weighted by Gasteiger charge is -2.11. The SMILES string of the molecule is CCOc1ccc(CCC(=O)Nc2cccc(-c3csc(-c4cccnc4)n3)c2)cc1OC. The van der Waals surface area contributed by atoms with Gasteiger partial charge in [0.1, 0.15) is 5.01 Å². The number of anilines is 1. The Balaban J connectivity index is 1.39. The molecule has 0 saturated heterocycles. The largest absolute Gasteiger partial charge is 0.493 e. The maximum Gasteiger partial charge on any atom is 0.224 e. The Kier molecular flexibility index (Phi) is 7.32. The summed E-state index contributed by atoms with van der Waals surface area (Å²) in [5, 5.41) is 5.92.